The van der Waals surface area contributed by atoms with Crippen LogP contribution in [-0.2, 0) is 14.3 Å². The van der Waals surface area contributed by atoms with Gasteiger partial charge in [-0.15, -0.1) is 0 Å². The molecule has 35 heavy (non-hydrogen) atoms. The summed E-state index contributed by atoms with van der Waals surface area (Å²) in [5, 5.41) is 12.1. The number of anilines is 2. The summed E-state index contributed by atoms with van der Waals surface area (Å²) in [5.74, 6) is -2.91. The van der Waals surface area contributed by atoms with Crippen LogP contribution in [0.2, 0.25) is 0 Å². The highest BCUT2D eigenvalue weighted by Crippen LogP contribution is 2.35. The van der Waals surface area contributed by atoms with Crippen molar-refractivity contribution >= 4 is 56.8 Å². The molecular weight excluding hydrogens is 576 g/mol. The van der Waals surface area contributed by atoms with Crippen molar-refractivity contribution in [1.82, 2.24) is 10.5 Å². The van der Waals surface area contributed by atoms with Crippen molar-refractivity contribution < 1.29 is 37.8 Å². The maximum atomic E-state index is 14.6. The number of nitrogens with zero attached hydrogens (tertiary/aromatic N) is 1. The van der Waals surface area contributed by atoms with Crippen LogP contribution in [0, 0.1) is 15.3 Å². The number of pyridine rings is 1. The topological polar surface area (TPSA) is 132 Å². The summed E-state index contributed by atoms with van der Waals surface area (Å²) in [4.78, 5) is 34.6. The molecule has 0 spiro atoms. The second kappa shape index (κ2) is 11.8. The molecule has 0 unspecified atom stereocenters. The van der Waals surface area contributed by atoms with E-state index in [1.54, 1.807) is 19.9 Å². The Morgan fingerprint density at radius 2 is 2.06 bits per heavy atom. The number of hydrogen-bond acceptors (Lipinski definition) is 9. The lowest BCUT2D eigenvalue weighted by Gasteiger charge is -2.13. The molecule has 3 N–H and O–H groups in total. The minimum absolute atomic E-state index is 0.00505. The first-order chi connectivity index (χ1) is 16.7. The van der Waals surface area contributed by atoms with E-state index < -0.39 is 23.6 Å². The van der Waals surface area contributed by atoms with Crippen LogP contribution in [0.4, 0.5) is 15.8 Å². The van der Waals surface area contributed by atoms with Gasteiger partial charge in [-0.25, -0.2) is 14.7 Å². The van der Waals surface area contributed by atoms with Gasteiger partial charge in [0, 0.05) is 21.9 Å². The van der Waals surface area contributed by atoms with Gasteiger partial charge in [0.15, 0.2) is 5.58 Å². The summed E-state index contributed by atoms with van der Waals surface area (Å²) in [6.07, 6.45) is 2.64. The van der Waals surface area contributed by atoms with E-state index in [1.165, 1.54) is 24.5 Å². The number of fused-ring (bicyclic) bond motifs is 1. The van der Waals surface area contributed by atoms with Crippen molar-refractivity contribution in [3.63, 3.8) is 0 Å². The first-order valence-electron chi connectivity index (χ1n) is 10.4. The Hall–Kier alpha value is -3.39. The number of ether oxygens (including phenoxy) is 2. The molecule has 0 radical (unpaired) electrons. The molecule has 3 aromatic rings. The van der Waals surface area contributed by atoms with Gasteiger partial charge in [-0.05, 0) is 54.3 Å². The molecule has 2 aromatic heterocycles. The van der Waals surface area contributed by atoms with E-state index >= 15 is 0 Å². The minimum Gasteiger partial charge on any atom is -0.481 e. The lowest BCUT2D eigenvalue weighted by Crippen LogP contribution is -2.27. The molecule has 0 aliphatic rings. The molecule has 0 bridgehead atoms. The number of aromatic nitrogens is 1. The number of hydroxylamine groups is 1. The number of aliphatic hydroxyl groups is 1. The van der Waals surface area contributed by atoms with E-state index in [9.17, 15) is 14.0 Å². The second-order valence-corrected chi connectivity index (χ2v) is 8.64. The molecule has 1 amide bonds. The zero-order chi connectivity index (χ0) is 25.5. The van der Waals surface area contributed by atoms with Gasteiger partial charge < -0.3 is 24.3 Å². The summed E-state index contributed by atoms with van der Waals surface area (Å²) in [6, 6.07) is 4.51. The number of nitrogens with one attached hydrogen (secondary N) is 2. The smallest absolute Gasteiger partial charge is 0.343 e. The minimum atomic E-state index is -0.788. The van der Waals surface area contributed by atoms with Crippen molar-refractivity contribution in [3.05, 3.63) is 63.8 Å². The van der Waals surface area contributed by atoms with Crippen LogP contribution in [0.5, 0.6) is 0 Å². The lowest BCUT2D eigenvalue weighted by molar-refractivity contribution is -0.00425. The standard InChI is InChI=1S/C23H23FIN3O7/c1-4-32-23(31)16-9-26-8-15-19(27-18-6-5-14(25)7-17(18)24)21(35-20(15)16)22(30)28-34-11-12(2)10-33-13(3)29/h5-9,12,27,29H,3-4,10-11H2,1-2H3,(H,28,30)/t12-/m1/s1. The van der Waals surface area contributed by atoms with Gasteiger partial charge in [-0.2, -0.15) is 0 Å². The Kier molecular flexibility index (Phi) is 8.87. The maximum Gasteiger partial charge on any atom is 0.343 e. The van der Waals surface area contributed by atoms with E-state index in [2.05, 4.69) is 22.4 Å². The molecule has 0 aliphatic carbocycles. The Morgan fingerprint density at radius 1 is 1.29 bits per heavy atom. The van der Waals surface area contributed by atoms with E-state index in [1.807, 2.05) is 22.6 Å². The van der Waals surface area contributed by atoms with Gasteiger partial charge in [-0.1, -0.05) is 6.92 Å². The first kappa shape index (κ1) is 26.2. The average Bonchev–Trinajstić information content (AvgIpc) is 3.18. The van der Waals surface area contributed by atoms with Crippen LogP contribution in [0.25, 0.3) is 11.0 Å². The van der Waals surface area contributed by atoms with Crippen LogP contribution in [-0.4, -0.2) is 41.8 Å². The SMILES string of the molecule is C=C(O)OC[C@@H](C)CONC(=O)c1oc2c(C(=O)OCC)cncc2c1Nc1ccc(I)cc1F. The molecule has 1 atom stereocenters. The van der Waals surface area contributed by atoms with Gasteiger partial charge in [0.2, 0.25) is 5.76 Å². The summed E-state index contributed by atoms with van der Waals surface area (Å²) in [5.41, 5.74) is 2.48. The monoisotopic (exact) mass is 599 g/mol. The van der Waals surface area contributed by atoms with Crippen molar-refractivity contribution in [2.45, 2.75) is 13.8 Å². The van der Waals surface area contributed by atoms with E-state index in [0.29, 0.717) is 3.57 Å². The van der Waals surface area contributed by atoms with Gasteiger partial charge in [0.25, 0.3) is 5.95 Å². The number of rotatable bonds is 11. The third-order valence-electron chi connectivity index (χ3n) is 4.56. The van der Waals surface area contributed by atoms with Crippen molar-refractivity contribution in [1.29, 1.82) is 0 Å². The Balaban J connectivity index is 1.93. The van der Waals surface area contributed by atoms with E-state index in [0.717, 1.165) is 0 Å². The Labute approximate surface area is 213 Å². The zero-order valence-corrected chi connectivity index (χ0v) is 21.0. The fourth-order valence-corrected chi connectivity index (χ4v) is 3.41. The number of furan rings is 1. The number of hydrogen-bond donors (Lipinski definition) is 3. The number of carbonyl (C=O) groups is 2. The van der Waals surface area contributed by atoms with Crippen LogP contribution in [0.3, 0.4) is 0 Å². The fourth-order valence-electron chi connectivity index (χ4n) is 2.96. The van der Waals surface area contributed by atoms with E-state index in [4.69, 9.17) is 23.8 Å². The molecule has 186 valence electrons. The van der Waals surface area contributed by atoms with Gasteiger partial charge >= 0.3 is 11.9 Å². The normalized spacial score (nSPS) is 11.7. The summed E-state index contributed by atoms with van der Waals surface area (Å²) in [6.45, 7) is 6.92. The second-order valence-electron chi connectivity index (χ2n) is 7.39. The number of esters is 1. The number of carbonyl (C=O) groups excluding carboxylic acids is 2. The molecule has 12 heteroatoms. The highest BCUT2D eigenvalue weighted by atomic mass is 127. The molecule has 10 nitrogen and oxygen atoms in total. The molecule has 0 aliphatic heterocycles. The molecule has 0 fully saturated rings. The zero-order valence-electron chi connectivity index (χ0n) is 18.9. The molecule has 1 aromatic carbocycles. The predicted octanol–water partition coefficient (Wildman–Crippen LogP) is 4.84. The maximum absolute atomic E-state index is 14.6. The number of benzene rings is 1. The third-order valence-corrected chi connectivity index (χ3v) is 5.23. The summed E-state index contributed by atoms with van der Waals surface area (Å²) >= 11 is 1.98. The van der Waals surface area contributed by atoms with Crippen molar-refractivity contribution in [3.8, 4) is 0 Å². The van der Waals surface area contributed by atoms with Crippen LogP contribution < -0.4 is 10.8 Å². The quantitative estimate of drug-likeness (QED) is 0.123. The summed E-state index contributed by atoms with van der Waals surface area (Å²) in [7, 11) is 0. The van der Waals surface area contributed by atoms with E-state index in [-0.39, 0.29) is 59.4 Å². The Morgan fingerprint density at radius 3 is 2.74 bits per heavy atom. The van der Waals surface area contributed by atoms with Gasteiger partial charge in [0.05, 0.1) is 30.9 Å². The molecular formula is C23H23FIN3O7. The molecule has 0 saturated carbocycles. The van der Waals surface area contributed by atoms with Crippen LogP contribution in [0.1, 0.15) is 34.8 Å². The first-order valence-corrected chi connectivity index (χ1v) is 11.5. The van der Waals surface area contributed by atoms with Crippen LogP contribution >= 0.6 is 22.6 Å². The average molecular weight is 599 g/mol. The highest BCUT2D eigenvalue weighted by Gasteiger charge is 2.26. The third kappa shape index (κ3) is 6.60. The summed E-state index contributed by atoms with van der Waals surface area (Å²) < 4.78 is 30.9. The predicted molar refractivity (Wildman–Crippen MR) is 133 cm³/mol. The van der Waals surface area contributed by atoms with Gasteiger partial charge in [-0.3, -0.25) is 14.6 Å². The number of amides is 1. The molecule has 2 heterocycles. The number of halogens is 2. The Bertz CT molecular complexity index is 1250. The fraction of sp³-hybridized carbons (Fsp3) is 0.261. The molecule has 3 rings (SSSR count). The lowest BCUT2D eigenvalue weighted by atomic mass is 10.2. The van der Waals surface area contributed by atoms with Gasteiger partial charge in [0.1, 0.15) is 17.1 Å². The van der Waals surface area contributed by atoms with Crippen molar-refractivity contribution in [2.24, 2.45) is 5.92 Å². The molecule has 0 saturated heterocycles. The van der Waals surface area contributed by atoms with Crippen molar-refractivity contribution in [2.75, 3.05) is 25.1 Å². The highest BCUT2D eigenvalue weighted by molar-refractivity contribution is 14.1. The number of aliphatic hydroxyl groups excluding tert-OH is 1. The largest absolute Gasteiger partial charge is 0.481 e. The van der Waals surface area contributed by atoms with Crippen LogP contribution in [0.15, 0.2) is 47.5 Å².